The van der Waals surface area contributed by atoms with Crippen LogP contribution < -0.4 is 15.0 Å². The second kappa shape index (κ2) is 6.53. The summed E-state index contributed by atoms with van der Waals surface area (Å²) in [4.78, 5) is 26.4. The zero-order chi connectivity index (χ0) is 19.1. The van der Waals surface area contributed by atoms with Gasteiger partial charge in [-0.3, -0.25) is 14.5 Å². The van der Waals surface area contributed by atoms with Crippen LogP contribution in [0.3, 0.4) is 0 Å². The molecule has 2 amide bonds. The van der Waals surface area contributed by atoms with Crippen LogP contribution in [0.5, 0.6) is 5.75 Å². The molecule has 5 rings (SSSR count). The smallest absolute Gasteiger partial charge is 0.265 e. The molecule has 0 saturated carbocycles. The molecule has 5 nitrogen and oxygen atoms in total. The maximum absolute atomic E-state index is 12.6. The molecule has 3 aromatic carbocycles. The second-order valence-electron chi connectivity index (χ2n) is 6.99. The van der Waals surface area contributed by atoms with Crippen molar-refractivity contribution in [1.29, 1.82) is 0 Å². The lowest BCUT2D eigenvalue weighted by molar-refractivity contribution is -0.123. The van der Waals surface area contributed by atoms with Gasteiger partial charge in [0.25, 0.3) is 5.91 Å². The summed E-state index contributed by atoms with van der Waals surface area (Å²) in [6.07, 6.45) is 0.915. The number of nitrogens with one attached hydrogen (secondary N) is 1. The standard InChI is InChI=1S/C23H18N2O3/c26-22(13-25-20-7-3-4-8-21(20)28-14-23(25)27)24-17-10-9-16-11-15-5-1-2-6-18(15)19(16)12-17/h1-10,12H,11,13-14H2,(H,24,26). The van der Waals surface area contributed by atoms with Crippen LogP contribution in [0.25, 0.3) is 11.1 Å². The summed E-state index contributed by atoms with van der Waals surface area (Å²) in [6, 6.07) is 21.5. The zero-order valence-corrected chi connectivity index (χ0v) is 15.1. The number of hydrogen-bond donors (Lipinski definition) is 1. The van der Waals surface area contributed by atoms with Crippen LogP contribution in [-0.2, 0) is 16.0 Å². The van der Waals surface area contributed by atoms with Gasteiger partial charge in [-0.2, -0.15) is 0 Å². The fourth-order valence-corrected chi connectivity index (χ4v) is 3.87. The molecule has 0 unspecified atom stereocenters. The van der Waals surface area contributed by atoms with Crippen LogP contribution in [0.1, 0.15) is 11.1 Å². The molecule has 5 heteroatoms. The maximum atomic E-state index is 12.6. The van der Waals surface area contributed by atoms with Crippen molar-refractivity contribution in [3.8, 4) is 16.9 Å². The first-order valence-electron chi connectivity index (χ1n) is 9.22. The summed E-state index contributed by atoms with van der Waals surface area (Å²) in [7, 11) is 0. The van der Waals surface area contributed by atoms with E-state index in [1.807, 2.05) is 36.4 Å². The van der Waals surface area contributed by atoms with Crippen molar-refractivity contribution in [3.05, 3.63) is 77.9 Å². The Hall–Kier alpha value is -3.60. The predicted molar refractivity (Wildman–Crippen MR) is 108 cm³/mol. The molecule has 0 atom stereocenters. The topological polar surface area (TPSA) is 58.6 Å². The average molecular weight is 370 g/mol. The number of amides is 2. The maximum Gasteiger partial charge on any atom is 0.265 e. The highest BCUT2D eigenvalue weighted by atomic mass is 16.5. The SMILES string of the molecule is O=C(CN1C(=O)COc2ccccc21)Nc1ccc2c(c1)-c1ccccc1C2. The van der Waals surface area contributed by atoms with E-state index < -0.39 is 0 Å². The van der Waals surface area contributed by atoms with E-state index in [9.17, 15) is 9.59 Å². The molecular weight excluding hydrogens is 352 g/mol. The van der Waals surface area contributed by atoms with E-state index in [1.165, 1.54) is 21.6 Å². The number of rotatable bonds is 3. The number of hydrogen-bond acceptors (Lipinski definition) is 3. The molecule has 1 aliphatic carbocycles. The van der Waals surface area contributed by atoms with E-state index in [4.69, 9.17) is 4.74 Å². The zero-order valence-electron chi connectivity index (χ0n) is 15.1. The predicted octanol–water partition coefficient (Wildman–Crippen LogP) is 3.62. The highest BCUT2D eigenvalue weighted by Gasteiger charge is 2.27. The normalized spacial score (nSPS) is 14.0. The molecular formula is C23H18N2O3. The Bertz CT molecular complexity index is 1110. The van der Waals surface area contributed by atoms with Gasteiger partial charge < -0.3 is 10.1 Å². The minimum Gasteiger partial charge on any atom is -0.482 e. The number of benzene rings is 3. The minimum absolute atomic E-state index is 0.0487. The van der Waals surface area contributed by atoms with Crippen LogP contribution >= 0.6 is 0 Å². The fraction of sp³-hybridized carbons (Fsp3) is 0.130. The Morgan fingerprint density at radius 1 is 0.964 bits per heavy atom. The fourth-order valence-electron chi connectivity index (χ4n) is 3.87. The van der Waals surface area contributed by atoms with Gasteiger partial charge in [-0.05, 0) is 52.9 Å². The second-order valence-corrected chi connectivity index (χ2v) is 6.99. The lowest BCUT2D eigenvalue weighted by Gasteiger charge is -2.28. The van der Waals surface area contributed by atoms with Crippen LogP contribution in [0.4, 0.5) is 11.4 Å². The number of para-hydroxylation sites is 2. The summed E-state index contributed by atoms with van der Waals surface area (Å²) in [6.45, 7) is -0.104. The van der Waals surface area contributed by atoms with Crippen molar-refractivity contribution >= 4 is 23.2 Å². The van der Waals surface area contributed by atoms with Gasteiger partial charge in [-0.1, -0.05) is 42.5 Å². The monoisotopic (exact) mass is 370 g/mol. The number of nitrogens with zero attached hydrogens (tertiary/aromatic N) is 1. The number of carbonyl (C=O) groups excluding carboxylic acids is 2. The molecule has 138 valence electrons. The van der Waals surface area contributed by atoms with Crippen LogP contribution in [0.2, 0.25) is 0 Å². The van der Waals surface area contributed by atoms with Gasteiger partial charge >= 0.3 is 0 Å². The molecule has 3 aromatic rings. The largest absolute Gasteiger partial charge is 0.482 e. The van der Waals surface area contributed by atoms with Crippen molar-refractivity contribution in [1.82, 2.24) is 0 Å². The molecule has 28 heavy (non-hydrogen) atoms. The Labute approximate surface area is 162 Å². The number of fused-ring (bicyclic) bond motifs is 4. The molecule has 1 aliphatic heterocycles. The highest BCUT2D eigenvalue weighted by molar-refractivity contribution is 6.05. The number of anilines is 2. The molecule has 0 bridgehead atoms. The summed E-state index contributed by atoms with van der Waals surface area (Å²) in [5.41, 5.74) is 6.28. The highest BCUT2D eigenvalue weighted by Crippen LogP contribution is 2.38. The third-order valence-corrected chi connectivity index (χ3v) is 5.19. The summed E-state index contributed by atoms with van der Waals surface area (Å²) in [5, 5.41) is 2.93. The molecule has 2 aliphatic rings. The van der Waals surface area contributed by atoms with E-state index in [0.29, 0.717) is 11.4 Å². The van der Waals surface area contributed by atoms with Gasteiger partial charge in [0.1, 0.15) is 12.3 Å². The number of ether oxygens (including phenoxy) is 1. The van der Waals surface area contributed by atoms with Gasteiger partial charge in [-0.25, -0.2) is 0 Å². The van der Waals surface area contributed by atoms with E-state index >= 15 is 0 Å². The van der Waals surface area contributed by atoms with Crippen molar-refractivity contribution in [2.45, 2.75) is 6.42 Å². The first-order valence-corrected chi connectivity index (χ1v) is 9.22. The molecule has 0 aromatic heterocycles. The van der Waals surface area contributed by atoms with Gasteiger partial charge in [-0.15, -0.1) is 0 Å². The van der Waals surface area contributed by atoms with Gasteiger partial charge in [0.2, 0.25) is 5.91 Å². The van der Waals surface area contributed by atoms with Crippen LogP contribution in [0.15, 0.2) is 66.7 Å². The Balaban J connectivity index is 1.36. The van der Waals surface area contributed by atoms with Crippen molar-refractivity contribution < 1.29 is 14.3 Å². The Morgan fingerprint density at radius 2 is 1.75 bits per heavy atom. The quantitative estimate of drug-likeness (QED) is 0.599. The molecule has 0 radical (unpaired) electrons. The van der Waals surface area contributed by atoms with Gasteiger partial charge in [0, 0.05) is 5.69 Å². The Morgan fingerprint density at radius 3 is 2.68 bits per heavy atom. The first-order chi connectivity index (χ1) is 13.7. The lowest BCUT2D eigenvalue weighted by Crippen LogP contribution is -2.43. The van der Waals surface area contributed by atoms with E-state index in [1.54, 1.807) is 12.1 Å². The van der Waals surface area contributed by atoms with Crippen LogP contribution in [-0.4, -0.2) is 25.0 Å². The van der Waals surface area contributed by atoms with Crippen molar-refractivity contribution in [2.75, 3.05) is 23.4 Å². The molecule has 0 saturated heterocycles. The molecule has 1 heterocycles. The van der Waals surface area contributed by atoms with Gasteiger partial charge in [0.15, 0.2) is 6.61 Å². The van der Waals surface area contributed by atoms with Gasteiger partial charge in [0.05, 0.1) is 5.69 Å². The summed E-state index contributed by atoms with van der Waals surface area (Å²) < 4.78 is 5.43. The van der Waals surface area contributed by atoms with E-state index in [0.717, 1.165) is 17.7 Å². The summed E-state index contributed by atoms with van der Waals surface area (Å²) >= 11 is 0. The van der Waals surface area contributed by atoms with Crippen molar-refractivity contribution in [2.24, 2.45) is 0 Å². The number of carbonyl (C=O) groups is 2. The van der Waals surface area contributed by atoms with E-state index in [-0.39, 0.29) is 25.0 Å². The molecule has 0 spiro atoms. The molecule has 1 N–H and O–H groups in total. The first kappa shape index (κ1) is 16.6. The third kappa shape index (κ3) is 2.81. The molecule has 0 fully saturated rings. The van der Waals surface area contributed by atoms with Crippen LogP contribution in [0, 0.1) is 0 Å². The minimum atomic E-state index is -0.240. The summed E-state index contributed by atoms with van der Waals surface area (Å²) in [5.74, 6) is 0.150. The Kier molecular flexibility index (Phi) is 3.86. The lowest BCUT2D eigenvalue weighted by atomic mass is 10.1. The van der Waals surface area contributed by atoms with Crippen molar-refractivity contribution in [3.63, 3.8) is 0 Å². The third-order valence-electron chi connectivity index (χ3n) is 5.19. The van der Waals surface area contributed by atoms with E-state index in [2.05, 4.69) is 23.5 Å². The average Bonchev–Trinajstić information content (AvgIpc) is 3.08.